The molecule has 0 aromatic heterocycles. The fourth-order valence-electron chi connectivity index (χ4n) is 2.23. The Hall–Kier alpha value is -1.22. The summed E-state index contributed by atoms with van der Waals surface area (Å²) in [5.41, 5.74) is 2.53. The zero-order valence-electron chi connectivity index (χ0n) is 11.6. The normalized spacial score (nSPS) is 16.1. The van der Waals surface area contributed by atoms with Gasteiger partial charge in [-0.25, -0.2) is 0 Å². The largest absolute Gasteiger partial charge is 0.492 e. The molecule has 0 aliphatic carbocycles. The third-order valence-corrected chi connectivity index (χ3v) is 3.30. The van der Waals surface area contributed by atoms with Gasteiger partial charge in [0.05, 0.1) is 25.5 Å². The van der Waals surface area contributed by atoms with Gasteiger partial charge in [0.15, 0.2) is 0 Å². The number of nitrogens with zero attached hydrogens (tertiary/aromatic N) is 1. The van der Waals surface area contributed by atoms with E-state index in [1.165, 1.54) is 11.3 Å². The number of anilines is 1. The van der Waals surface area contributed by atoms with Crippen molar-refractivity contribution in [1.29, 1.82) is 0 Å². The van der Waals surface area contributed by atoms with Gasteiger partial charge in [0.25, 0.3) is 0 Å². The first kappa shape index (κ1) is 13.2. The molecule has 1 aromatic carbocycles. The van der Waals surface area contributed by atoms with Crippen LogP contribution in [-0.2, 0) is 4.74 Å². The molecular weight excluding hydrogens is 226 g/mol. The van der Waals surface area contributed by atoms with E-state index in [1.54, 1.807) is 0 Å². The molecule has 0 bridgehead atoms. The summed E-state index contributed by atoms with van der Waals surface area (Å²) in [4.78, 5) is 2.35. The second-order valence-electron chi connectivity index (χ2n) is 4.91. The quantitative estimate of drug-likeness (QED) is 0.818. The lowest BCUT2D eigenvalue weighted by molar-refractivity contribution is 0.122. The van der Waals surface area contributed by atoms with Gasteiger partial charge >= 0.3 is 0 Å². The second kappa shape index (κ2) is 6.10. The van der Waals surface area contributed by atoms with Crippen molar-refractivity contribution >= 4 is 5.69 Å². The first-order chi connectivity index (χ1) is 8.72. The minimum atomic E-state index is 0.531. The monoisotopic (exact) mass is 249 g/mol. The second-order valence-corrected chi connectivity index (χ2v) is 4.91. The number of benzene rings is 1. The molecule has 1 aromatic rings. The predicted molar refractivity (Wildman–Crippen MR) is 74.7 cm³/mol. The van der Waals surface area contributed by atoms with Crippen LogP contribution in [0.5, 0.6) is 5.75 Å². The maximum Gasteiger partial charge on any atom is 0.142 e. The summed E-state index contributed by atoms with van der Waals surface area (Å²) in [6, 6.07) is 6.57. The fourth-order valence-corrected chi connectivity index (χ4v) is 2.23. The summed E-state index contributed by atoms with van der Waals surface area (Å²) in [5, 5.41) is 0. The molecule has 0 spiro atoms. The van der Waals surface area contributed by atoms with Crippen molar-refractivity contribution < 1.29 is 9.47 Å². The molecular formula is C15H23NO2. The third-order valence-electron chi connectivity index (χ3n) is 3.30. The molecule has 0 unspecified atom stereocenters. The van der Waals surface area contributed by atoms with Gasteiger partial charge in [-0.2, -0.15) is 0 Å². The molecule has 1 fully saturated rings. The summed E-state index contributed by atoms with van der Waals surface area (Å²) in [5.74, 6) is 1.54. The van der Waals surface area contributed by atoms with Gasteiger partial charge in [-0.15, -0.1) is 0 Å². The highest BCUT2D eigenvalue weighted by Crippen LogP contribution is 2.32. The Morgan fingerprint density at radius 3 is 2.61 bits per heavy atom. The minimum Gasteiger partial charge on any atom is -0.492 e. The van der Waals surface area contributed by atoms with E-state index < -0.39 is 0 Å². The summed E-state index contributed by atoms with van der Waals surface area (Å²) in [6.45, 7) is 10.7. The summed E-state index contributed by atoms with van der Waals surface area (Å²) >= 11 is 0. The van der Waals surface area contributed by atoms with E-state index in [2.05, 4.69) is 36.9 Å². The predicted octanol–water partition coefficient (Wildman–Crippen LogP) is 3.05. The van der Waals surface area contributed by atoms with Gasteiger partial charge < -0.3 is 14.4 Å². The van der Waals surface area contributed by atoms with E-state index >= 15 is 0 Å². The number of hydrogen-bond acceptors (Lipinski definition) is 3. The van der Waals surface area contributed by atoms with Crippen molar-refractivity contribution in [2.75, 3.05) is 37.8 Å². The molecule has 0 radical (unpaired) electrons. The molecule has 1 saturated heterocycles. The molecule has 0 atom stereocenters. The molecule has 3 nitrogen and oxygen atoms in total. The van der Waals surface area contributed by atoms with Crippen molar-refractivity contribution in [3.05, 3.63) is 23.8 Å². The lowest BCUT2D eigenvalue weighted by Gasteiger charge is -2.30. The average Bonchev–Trinajstić information content (AvgIpc) is 2.40. The zero-order chi connectivity index (χ0) is 13.0. The van der Waals surface area contributed by atoms with Gasteiger partial charge in [0.2, 0.25) is 0 Å². The van der Waals surface area contributed by atoms with Crippen LogP contribution in [0, 0.1) is 0 Å². The summed E-state index contributed by atoms with van der Waals surface area (Å²) in [6.07, 6.45) is 0. The first-order valence-corrected chi connectivity index (χ1v) is 6.81. The van der Waals surface area contributed by atoms with Crippen molar-refractivity contribution in [3.8, 4) is 5.75 Å². The number of rotatable bonds is 4. The lowest BCUT2D eigenvalue weighted by Crippen LogP contribution is -2.36. The molecule has 18 heavy (non-hydrogen) atoms. The molecule has 1 aliphatic heterocycles. The smallest absolute Gasteiger partial charge is 0.142 e. The lowest BCUT2D eigenvalue weighted by atomic mass is 10.0. The average molecular weight is 249 g/mol. The van der Waals surface area contributed by atoms with Gasteiger partial charge in [0.1, 0.15) is 5.75 Å². The highest BCUT2D eigenvalue weighted by atomic mass is 16.5. The molecule has 1 heterocycles. The van der Waals surface area contributed by atoms with Crippen LogP contribution < -0.4 is 9.64 Å². The Balaban J connectivity index is 2.27. The van der Waals surface area contributed by atoms with E-state index in [9.17, 15) is 0 Å². The van der Waals surface area contributed by atoms with Crippen molar-refractivity contribution in [2.24, 2.45) is 0 Å². The Kier molecular flexibility index (Phi) is 4.48. The van der Waals surface area contributed by atoms with Crippen LogP contribution in [0.2, 0.25) is 0 Å². The third kappa shape index (κ3) is 2.96. The Morgan fingerprint density at radius 1 is 1.28 bits per heavy atom. The van der Waals surface area contributed by atoms with Gasteiger partial charge in [-0.3, -0.25) is 0 Å². The highest BCUT2D eigenvalue weighted by molar-refractivity contribution is 5.60. The maximum atomic E-state index is 5.80. The molecule has 3 heteroatoms. The van der Waals surface area contributed by atoms with Crippen molar-refractivity contribution in [3.63, 3.8) is 0 Å². The van der Waals surface area contributed by atoms with Crippen molar-refractivity contribution in [1.82, 2.24) is 0 Å². The van der Waals surface area contributed by atoms with Crippen LogP contribution in [0.25, 0.3) is 0 Å². The molecule has 0 saturated carbocycles. The Bertz CT molecular complexity index is 384. The molecule has 0 amide bonds. The number of ether oxygens (including phenoxy) is 2. The molecule has 2 rings (SSSR count). The van der Waals surface area contributed by atoms with E-state index in [4.69, 9.17) is 9.47 Å². The fraction of sp³-hybridized carbons (Fsp3) is 0.600. The summed E-state index contributed by atoms with van der Waals surface area (Å²) < 4.78 is 11.2. The van der Waals surface area contributed by atoms with Crippen LogP contribution in [0.15, 0.2) is 18.2 Å². The summed E-state index contributed by atoms with van der Waals surface area (Å²) in [7, 11) is 0. The number of morpholine rings is 1. The van der Waals surface area contributed by atoms with E-state index in [1.807, 2.05) is 6.92 Å². The van der Waals surface area contributed by atoms with Gasteiger partial charge in [-0.05, 0) is 30.5 Å². The van der Waals surface area contributed by atoms with Crippen LogP contribution in [0.1, 0.15) is 32.3 Å². The van der Waals surface area contributed by atoms with Crippen LogP contribution in [-0.4, -0.2) is 32.9 Å². The van der Waals surface area contributed by atoms with Crippen LogP contribution in [0.4, 0.5) is 5.69 Å². The van der Waals surface area contributed by atoms with Gasteiger partial charge in [0, 0.05) is 13.1 Å². The molecule has 1 aliphatic rings. The SMILES string of the molecule is CCOc1cc(C(C)C)ccc1N1CCOCC1. The Morgan fingerprint density at radius 2 is 2.00 bits per heavy atom. The standard InChI is InChI=1S/C15H23NO2/c1-4-18-15-11-13(12(2)3)5-6-14(15)16-7-9-17-10-8-16/h5-6,11-12H,4,7-10H2,1-3H3. The van der Waals surface area contributed by atoms with E-state index in [-0.39, 0.29) is 0 Å². The van der Waals surface area contributed by atoms with E-state index in [0.29, 0.717) is 12.5 Å². The van der Waals surface area contributed by atoms with Crippen molar-refractivity contribution in [2.45, 2.75) is 26.7 Å². The molecule has 0 N–H and O–H groups in total. The van der Waals surface area contributed by atoms with Gasteiger partial charge in [-0.1, -0.05) is 19.9 Å². The molecule has 100 valence electrons. The Labute approximate surface area is 110 Å². The first-order valence-electron chi connectivity index (χ1n) is 6.81. The minimum absolute atomic E-state index is 0.531. The maximum absolute atomic E-state index is 5.80. The van der Waals surface area contributed by atoms with Crippen LogP contribution >= 0.6 is 0 Å². The van der Waals surface area contributed by atoms with E-state index in [0.717, 1.165) is 32.1 Å². The topological polar surface area (TPSA) is 21.7 Å². The zero-order valence-corrected chi connectivity index (χ0v) is 11.6. The van der Waals surface area contributed by atoms with Crippen LogP contribution in [0.3, 0.4) is 0 Å². The highest BCUT2D eigenvalue weighted by Gasteiger charge is 2.16. The number of hydrogen-bond donors (Lipinski definition) is 0.